The van der Waals surface area contributed by atoms with Gasteiger partial charge in [-0.15, -0.1) is 0 Å². The molecule has 5 nitrogen and oxygen atoms in total. The molecule has 1 N–H and O–H groups in total. The molecule has 0 saturated heterocycles. The van der Waals surface area contributed by atoms with Crippen LogP contribution in [0, 0.1) is 12.8 Å². The molecule has 2 aromatic carbocycles. The number of rotatable bonds is 9. The van der Waals surface area contributed by atoms with Crippen LogP contribution in [0.25, 0.3) is 0 Å². The summed E-state index contributed by atoms with van der Waals surface area (Å²) in [5, 5.41) is 3.54. The number of amides is 2. The predicted molar refractivity (Wildman–Crippen MR) is 124 cm³/mol. The third-order valence-corrected chi connectivity index (χ3v) is 5.50. The molecular weight excluding hydrogens is 468 g/mol. The highest BCUT2D eigenvalue weighted by Crippen LogP contribution is 2.21. The smallest absolute Gasteiger partial charge is 0.261 e. The van der Waals surface area contributed by atoms with Crippen LogP contribution < -0.4 is 10.1 Å². The van der Waals surface area contributed by atoms with E-state index in [1.165, 1.54) is 0 Å². The van der Waals surface area contributed by atoms with E-state index in [0.29, 0.717) is 29.8 Å². The average molecular weight is 496 g/mol. The largest absolute Gasteiger partial charge is 0.484 e. The van der Waals surface area contributed by atoms with Gasteiger partial charge in [-0.2, -0.15) is 0 Å². The summed E-state index contributed by atoms with van der Waals surface area (Å²) in [7, 11) is 0. The molecule has 2 rings (SSSR count). The lowest BCUT2D eigenvalue weighted by atomic mass is 10.1. The lowest BCUT2D eigenvalue weighted by molar-refractivity contribution is -0.142. The third kappa shape index (κ3) is 7.33. The van der Waals surface area contributed by atoms with Crippen LogP contribution >= 0.6 is 27.5 Å². The topological polar surface area (TPSA) is 58.6 Å². The van der Waals surface area contributed by atoms with Crippen molar-refractivity contribution in [3.05, 3.63) is 63.1 Å². The normalized spacial score (nSPS) is 11.8. The van der Waals surface area contributed by atoms with E-state index in [1.54, 1.807) is 30.0 Å². The average Bonchev–Trinajstić information content (AvgIpc) is 2.70. The number of nitrogens with zero attached hydrogens (tertiary/aromatic N) is 1. The summed E-state index contributed by atoms with van der Waals surface area (Å²) in [6, 6.07) is 12.3. The first-order valence-electron chi connectivity index (χ1n) is 9.88. The molecule has 0 aliphatic rings. The van der Waals surface area contributed by atoms with Gasteiger partial charge in [0.05, 0.1) is 0 Å². The molecule has 2 amide bonds. The van der Waals surface area contributed by atoms with Gasteiger partial charge in [0.2, 0.25) is 5.91 Å². The first-order chi connectivity index (χ1) is 14.2. The molecule has 0 aliphatic heterocycles. The number of hydrogen-bond acceptors (Lipinski definition) is 3. The number of benzene rings is 2. The number of aryl methyl sites for hydroxylation is 1. The zero-order chi connectivity index (χ0) is 22.3. The minimum absolute atomic E-state index is 0.170. The molecule has 0 heterocycles. The summed E-state index contributed by atoms with van der Waals surface area (Å²) >= 11 is 9.50. The van der Waals surface area contributed by atoms with Gasteiger partial charge in [0.1, 0.15) is 11.8 Å². The fourth-order valence-corrected chi connectivity index (χ4v) is 3.37. The maximum Gasteiger partial charge on any atom is 0.261 e. The van der Waals surface area contributed by atoms with Crippen molar-refractivity contribution < 1.29 is 14.3 Å². The van der Waals surface area contributed by atoms with Crippen molar-refractivity contribution in [1.29, 1.82) is 0 Å². The summed E-state index contributed by atoms with van der Waals surface area (Å²) in [4.78, 5) is 27.2. The lowest BCUT2D eigenvalue weighted by Crippen LogP contribution is -2.49. The zero-order valence-electron chi connectivity index (χ0n) is 17.7. The monoisotopic (exact) mass is 494 g/mol. The Morgan fingerprint density at radius 1 is 1.17 bits per heavy atom. The molecule has 0 fully saturated rings. The minimum Gasteiger partial charge on any atom is -0.484 e. The van der Waals surface area contributed by atoms with E-state index in [-0.39, 0.29) is 18.4 Å². The number of ether oxygens (including phenoxy) is 1. The SMILES string of the molecule is Cc1cc(OCC(=O)N(Cc2cccc(Br)c2)[C@H](C)C(=O)NCC(C)C)ccc1Cl. The highest BCUT2D eigenvalue weighted by atomic mass is 79.9. The summed E-state index contributed by atoms with van der Waals surface area (Å²) in [5.74, 6) is 0.431. The van der Waals surface area contributed by atoms with E-state index >= 15 is 0 Å². The first kappa shape index (κ1) is 24.2. The van der Waals surface area contributed by atoms with Gasteiger partial charge in [-0.1, -0.05) is 53.5 Å². The third-order valence-electron chi connectivity index (χ3n) is 4.59. The maximum absolute atomic E-state index is 13.0. The van der Waals surface area contributed by atoms with Crippen molar-refractivity contribution in [2.75, 3.05) is 13.2 Å². The van der Waals surface area contributed by atoms with Crippen molar-refractivity contribution in [1.82, 2.24) is 10.2 Å². The van der Waals surface area contributed by atoms with Gasteiger partial charge >= 0.3 is 0 Å². The Morgan fingerprint density at radius 2 is 1.90 bits per heavy atom. The van der Waals surface area contributed by atoms with Gasteiger partial charge in [0.25, 0.3) is 5.91 Å². The molecule has 0 radical (unpaired) electrons. The van der Waals surface area contributed by atoms with Crippen molar-refractivity contribution in [2.24, 2.45) is 5.92 Å². The molecule has 0 bridgehead atoms. The minimum atomic E-state index is -0.634. The van der Waals surface area contributed by atoms with Crippen molar-refractivity contribution in [2.45, 2.75) is 40.3 Å². The van der Waals surface area contributed by atoms with Crippen LogP contribution in [-0.4, -0.2) is 35.9 Å². The van der Waals surface area contributed by atoms with Crippen LogP contribution in [0.1, 0.15) is 31.9 Å². The van der Waals surface area contributed by atoms with Crippen molar-refractivity contribution in [3.8, 4) is 5.75 Å². The molecule has 0 aliphatic carbocycles. The van der Waals surface area contributed by atoms with Crippen LogP contribution in [0.15, 0.2) is 46.9 Å². The van der Waals surface area contributed by atoms with E-state index in [2.05, 4.69) is 21.2 Å². The van der Waals surface area contributed by atoms with Gasteiger partial charge in [-0.3, -0.25) is 9.59 Å². The Bertz CT molecular complexity index is 889. The van der Waals surface area contributed by atoms with Gasteiger partial charge in [0.15, 0.2) is 6.61 Å². The summed E-state index contributed by atoms with van der Waals surface area (Å²) < 4.78 is 6.60. The Balaban J connectivity index is 2.14. The van der Waals surface area contributed by atoms with E-state index in [9.17, 15) is 9.59 Å². The second-order valence-electron chi connectivity index (χ2n) is 7.67. The van der Waals surface area contributed by atoms with Gasteiger partial charge in [-0.25, -0.2) is 0 Å². The van der Waals surface area contributed by atoms with Crippen LogP contribution in [0.4, 0.5) is 0 Å². The van der Waals surface area contributed by atoms with Crippen molar-refractivity contribution >= 4 is 39.3 Å². The summed E-state index contributed by atoms with van der Waals surface area (Å²) in [6.07, 6.45) is 0. The van der Waals surface area contributed by atoms with E-state index in [4.69, 9.17) is 16.3 Å². The van der Waals surface area contributed by atoms with Gasteiger partial charge in [0, 0.05) is 22.6 Å². The van der Waals surface area contributed by atoms with Gasteiger partial charge < -0.3 is 15.0 Å². The molecule has 0 aromatic heterocycles. The summed E-state index contributed by atoms with van der Waals surface area (Å²) in [6.45, 7) is 8.35. The standard InChI is InChI=1S/C23H28BrClN2O3/c1-15(2)12-26-23(29)17(4)27(13-18-6-5-7-19(24)11-18)22(28)14-30-20-8-9-21(25)16(3)10-20/h5-11,15,17H,12-14H2,1-4H3,(H,26,29)/t17-/m1/s1. The number of carbonyl (C=O) groups is 2. The van der Waals surface area contributed by atoms with E-state index in [1.807, 2.05) is 45.0 Å². The summed E-state index contributed by atoms with van der Waals surface area (Å²) in [5.41, 5.74) is 1.79. The van der Waals surface area contributed by atoms with E-state index in [0.717, 1.165) is 15.6 Å². The van der Waals surface area contributed by atoms with Gasteiger partial charge in [-0.05, 0) is 61.2 Å². The molecule has 0 unspecified atom stereocenters. The predicted octanol–water partition coefficient (Wildman–Crippen LogP) is 4.98. The molecule has 7 heteroatoms. The molecular formula is C23H28BrClN2O3. The molecule has 1 atom stereocenters. The Hall–Kier alpha value is -2.05. The molecule has 162 valence electrons. The van der Waals surface area contributed by atoms with Crippen LogP contribution in [0.2, 0.25) is 5.02 Å². The van der Waals surface area contributed by atoms with Crippen molar-refractivity contribution in [3.63, 3.8) is 0 Å². The fraction of sp³-hybridized carbons (Fsp3) is 0.391. The Morgan fingerprint density at radius 3 is 2.53 bits per heavy atom. The highest BCUT2D eigenvalue weighted by molar-refractivity contribution is 9.10. The number of hydrogen-bond donors (Lipinski definition) is 1. The van der Waals surface area contributed by atoms with Crippen LogP contribution in [0.3, 0.4) is 0 Å². The highest BCUT2D eigenvalue weighted by Gasteiger charge is 2.26. The van der Waals surface area contributed by atoms with E-state index < -0.39 is 6.04 Å². The number of halogens is 2. The zero-order valence-corrected chi connectivity index (χ0v) is 20.1. The molecule has 2 aromatic rings. The molecule has 0 saturated carbocycles. The second-order valence-corrected chi connectivity index (χ2v) is 8.99. The second kappa shape index (κ2) is 11.4. The maximum atomic E-state index is 13.0. The Kier molecular flexibility index (Phi) is 9.18. The lowest BCUT2D eigenvalue weighted by Gasteiger charge is -2.29. The fourth-order valence-electron chi connectivity index (χ4n) is 2.80. The van der Waals surface area contributed by atoms with Crippen LogP contribution in [0.5, 0.6) is 5.75 Å². The number of nitrogens with one attached hydrogen (secondary N) is 1. The molecule has 0 spiro atoms. The quantitative estimate of drug-likeness (QED) is 0.534. The Labute approximate surface area is 191 Å². The first-order valence-corrected chi connectivity index (χ1v) is 11.0. The molecule has 30 heavy (non-hydrogen) atoms. The van der Waals surface area contributed by atoms with Crippen LogP contribution in [-0.2, 0) is 16.1 Å². The number of carbonyl (C=O) groups excluding carboxylic acids is 2.